The Morgan fingerprint density at radius 3 is 3.05 bits per heavy atom. The van der Waals surface area contributed by atoms with E-state index in [2.05, 4.69) is 22.1 Å². The maximum absolute atomic E-state index is 13.0. The van der Waals surface area contributed by atoms with Crippen molar-refractivity contribution in [3.63, 3.8) is 0 Å². The van der Waals surface area contributed by atoms with Gasteiger partial charge in [-0.15, -0.1) is 0 Å². The van der Waals surface area contributed by atoms with Crippen LogP contribution in [0.3, 0.4) is 0 Å². The quantitative estimate of drug-likeness (QED) is 0.865. The van der Waals surface area contributed by atoms with Gasteiger partial charge in [0.1, 0.15) is 5.82 Å². The third-order valence-electron chi connectivity index (χ3n) is 3.61. The van der Waals surface area contributed by atoms with Gasteiger partial charge in [-0.25, -0.2) is 4.39 Å². The molecule has 1 N–H and O–H groups in total. The van der Waals surface area contributed by atoms with E-state index < -0.39 is 0 Å². The Labute approximate surface area is 120 Å². The summed E-state index contributed by atoms with van der Waals surface area (Å²) in [5.41, 5.74) is 0.916. The van der Waals surface area contributed by atoms with Crippen molar-refractivity contribution in [3.8, 4) is 0 Å². The van der Waals surface area contributed by atoms with Gasteiger partial charge in [0.25, 0.3) is 0 Å². The monoisotopic (exact) mass is 281 g/mol. The van der Waals surface area contributed by atoms with Gasteiger partial charge in [0.05, 0.1) is 24.5 Å². The Morgan fingerprint density at radius 1 is 1.40 bits per heavy atom. The van der Waals surface area contributed by atoms with E-state index in [0.29, 0.717) is 0 Å². The van der Waals surface area contributed by atoms with Crippen molar-refractivity contribution in [1.82, 2.24) is 15.2 Å². The predicted molar refractivity (Wildman–Crippen MR) is 77.1 cm³/mol. The minimum atomic E-state index is -0.284. The summed E-state index contributed by atoms with van der Waals surface area (Å²) >= 11 is 0. The van der Waals surface area contributed by atoms with Crippen molar-refractivity contribution in [1.29, 1.82) is 0 Å². The Morgan fingerprint density at radius 2 is 2.30 bits per heavy atom. The van der Waals surface area contributed by atoms with Crippen LogP contribution in [0.2, 0.25) is 0 Å². The fourth-order valence-corrected chi connectivity index (χ4v) is 2.53. The average Bonchev–Trinajstić information content (AvgIpc) is 2.73. The summed E-state index contributed by atoms with van der Waals surface area (Å²) in [4.78, 5) is 6.63. The maximum atomic E-state index is 13.0. The van der Waals surface area contributed by atoms with Gasteiger partial charge in [-0.3, -0.25) is 4.98 Å². The van der Waals surface area contributed by atoms with Crippen LogP contribution in [0.25, 0.3) is 0 Å². The van der Waals surface area contributed by atoms with E-state index in [0.717, 1.165) is 57.9 Å². The van der Waals surface area contributed by atoms with E-state index in [4.69, 9.17) is 4.74 Å². The number of pyridine rings is 1. The summed E-state index contributed by atoms with van der Waals surface area (Å²) < 4.78 is 18.4. The van der Waals surface area contributed by atoms with Crippen molar-refractivity contribution >= 4 is 0 Å². The van der Waals surface area contributed by atoms with Crippen LogP contribution < -0.4 is 5.32 Å². The van der Waals surface area contributed by atoms with Crippen LogP contribution in [-0.4, -0.2) is 49.3 Å². The van der Waals surface area contributed by atoms with Crippen molar-refractivity contribution in [2.24, 2.45) is 0 Å². The second-order valence-electron chi connectivity index (χ2n) is 5.11. The molecule has 1 unspecified atom stereocenters. The summed E-state index contributed by atoms with van der Waals surface area (Å²) in [7, 11) is 0. The molecular formula is C15H24FN3O. The van der Waals surface area contributed by atoms with Crippen LogP contribution in [-0.2, 0) is 4.74 Å². The zero-order chi connectivity index (χ0) is 14.2. The molecule has 112 valence electrons. The van der Waals surface area contributed by atoms with E-state index in [1.165, 1.54) is 12.3 Å². The lowest BCUT2D eigenvalue weighted by Crippen LogP contribution is -2.31. The Kier molecular flexibility index (Phi) is 6.36. The molecule has 0 amide bonds. The molecule has 4 nitrogen and oxygen atoms in total. The highest BCUT2D eigenvalue weighted by atomic mass is 19.1. The SMILES string of the molecule is CCNC(CCN1CCCOCC1)c1ccc(F)cn1. The summed E-state index contributed by atoms with van der Waals surface area (Å²) in [6, 6.07) is 3.44. The number of nitrogens with one attached hydrogen (secondary N) is 1. The number of halogens is 1. The highest BCUT2D eigenvalue weighted by Crippen LogP contribution is 2.15. The van der Waals surface area contributed by atoms with Crippen LogP contribution >= 0.6 is 0 Å². The van der Waals surface area contributed by atoms with Gasteiger partial charge in [-0.1, -0.05) is 6.92 Å². The molecule has 20 heavy (non-hydrogen) atoms. The number of rotatable bonds is 6. The zero-order valence-corrected chi connectivity index (χ0v) is 12.1. The topological polar surface area (TPSA) is 37.4 Å². The molecule has 0 spiro atoms. The van der Waals surface area contributed by atoms with Crippen molar-refractivity contribution in [3.05, 3.63) is 29.8 Å². The minimum Gasteiger partial charge on any atom is -0.380 e. The van der Waals surface area contributed by atoms with Crippen LogP contribution in [0, 0.1) is 5.82 Å². The molecule has 1 fully saturated rings. The highest BCUT2D eigenvalue weighted by molar-refractivity contribution is 5.10. The van der Waals surface area contributed by atoms with Crippen molar-refractivity contribution in [2.45, 2.75) is 25.8 Å². The number of hydrogen-bond acceptors (Lipinski definition) is 4. The average molecular weight is 281 g/mol. The van der Waals surface area contributed by atoms with Gasteiger partial charge in [0.15, 0.2) is 0 Å². The number of ether oxygens (including phenoxy) is 1. The molecule has 0 aromatic carbocycles. The lowest BCUT2D eigenvalue weighted by molar-refractivity contribution is 0.140. The molecular weight excluding hydrogens is 257 g/mol. The molecule has 0 aliphatic carbocycles. The van der Waals surface area contributed by atoms with Gasteiger partial charge in [0.2, 0.25) is 0 Å². The van der Waals surface area contributed by atoms with Crippen molar-refractivity contribution < 1.29 is 9.13 Å². The van der Waals surface area contributed by atoms with E-state index >= 15 is 0 Å². The largest absolute Gasteiger partial charge is 0.380 e. The first kappa shape index (κ1) is 15.4. The molecule has 5 heteroatoms. The molecule has 1 atom stereocenters. The molecule has 0 bridgehead atoms. The zero-order valence-electron chi connectivity index (χ0n) is 12.1. The van der Waals surface area contributed by atoms with E-state index in [9.17, 15) is 4.39 Å². The lowest BCUT2D eigenvalue weighted by Gasteiger charge is -2.23. The summed E-state index contributed by atoms with van der Waals surface area (Å²) in [5, 5.41) is 3.43. The van der Waals surface area contributed by atoms with Gasteiger partial charge in [-0.2, -0.15) is 0 Å². The Hall–Kier alpha value is -1.04. The summed E-state index contributed by atoms with van der Waals surface area (Å²) in [6.45, 7) is 7.75. The van der Waals surface area contributed by atoms with E-state index in [1.807, 2.05) is 0 Å². The Bertz CT molecular complexity index is 377. The van der Waals surface area contributed by atoms with Gasteiger partial charge < -0.3 is 15.0 Å². The first-order valence-corrected chi connectivity index (χ1v) is 7.44. The number of nitrogens with zero attached hydrogens (tertiary/aromatic N) is 2. The molecule has 0 radical (unpaired) electrons. The summed E-state index contributed by atoms with van der Waals surface area (Å²) in [6.07, 6.45) is 3.37. The van der Waals surface area contributed by atoms with Gasteiger partial charge >= 0.3 is 0 Å². The third kappa shape index (κ3) is 4.81. The van der Waals surface area contributed by atoms with Crippen LogP contribution in [0.15, 0.2) is 18.3 Å². The Balaban J connectivity index is 1.89. The van der Waals surface area contributed by atoms with Gasteiger partial charge in [-0.05, 0) is 31.5 Å². The molecule has 1 saturated heterocycles. The molecule has 1 aromatic rings. The smallest absolute Gasteiger partial charge is 0.141 e. The molecule has 1 aromatic heterocycles. The minimum absolute atomic E-state index is 0.185. The fraction of sp³-hybridized carbons (Fsp3) is 0.667. The highest BCUT2D eigenvalue weighted by Gasteiger charge is 2.15. The van der Waals surface area contributed by atoms with Crippen LogP contribution in [0.4, 0.5) is 4.39 Å². The first-order chi connectivity index (χ1) is 9.79. The number of aromatic nitrogens is 1. The first-order valence-electron chi connectivity index (χ1n) is 7.44. The maximum Gasteiger partial charge on any atom is 0.141 e. The number of hydrogen-bond donors (Lipinski definition) is 1. The molecule has 1 aliphatic rings. The second-order valence-corrected chi connectivity index (χ2v) is 5.11. The molecule has 0 saturated carbocycles. The lowest BCUT2D eigenvalue weighted by atomic mass is 10.1. The van der Waals surface area contributed by atoms with E-state index in [-0.39, 0.29) is 11.9 Å². The molecule has 2 heterocycles. The standard InChI is InChI=1S/C15H24FN3O/c1-2-17-15(14-5-4-13(16)12-18-14)6-8-19-7-3-10-20-11-9-19/h4-5,12,15,17H,2-3,6-11H2,1H3. The third-order valence-corrected chi connectivity index (χ3v) is 3.61. The predicted octanol–water partition coefficient (Wildman–Crippen LogP) is 1.98. The van der Waals surface area contributed by atoms with Crippen LogP contribution in [0.5, 0.6) is 0 Å². The fourth-order valence-electron chi connectivity index (χ4n) is 2.53. The summed E-state index contributed by atoms with van der Waals surface area (Å²) in [5.74, 6) is -0.284. The second kappa shape index (κ2) is 8.29. The van der Waals surface area contributed by atoms with Crippen LogP contribution in [0.1, 0.15) is 31.5 Å². The molecule has 2 rings (SSSR count). The van der Waals surface area contributed by atoms with Gasteiger partial charge in [0, 0.05) is 26.2 Å². The van der Waals surface area contributed by atoms with Crippen molar-refractivity contribution in [2.75, 3.05) is 39.4 Å². The van der Waals surface area contributed by atoms with E-state index in [1.54, 1.807) is 6.07 Å². The normalized spacial score (nSPS) is 18.7. The molecule has 1 aliphatic heterocycles.